The lowest BCUT2D eigenvalue weighted by molar-refractivity contribution is 0.0935. The largest absolute Gasteiger partial charge is 0.454 e. The first-order valence-corrected chi connectivity index (χ1v) is 7.39. The Morgan fingerprint density at radius 2 is 1.95 bits per heavy atom. The number of hydrogen-bond acceptors (Lipinski definition) is 3. The van der Waals surface area contributed by atoms with Gasteiger partial charge in [0, 0.05) is 4.47 Å². The van der Waals surface area contributed by atoms with Crippen LogP contribution in [0, 0.1) is 0 Å². The summed E-state index contributed by atoms with van der Waals surface area (Å²) in [7, 11) is 0. The molecule has 0 aliphatic carbocycles. The van der Waals surface area contributed by atoms with Gasteiger partial charge in [-0.15, -0.1) is 0 Å². The first-order chi connectivity index (χ1) is 10.1. The van der Waals surface area contributed by atoms with Gasteiger partial charge in [-0.05, 0) is 36.8 Å². The molecule has 2 aromatic carbocycles. The molecule has 1 heterocycles. The number of amides is 1. The van der Waals surface area contributed by atoms with E-state index >= 15 is 0 Å². The van der Waals surface area contributed by atoms with Gasteiger partial charge in [0.1, 0.15) is 0 Å². The summed E-state index contributed by atoms with van der Waals surface area (Å²) >= 11 is 3.40. The van der Waals surface area contributed by atoms with E-state index in [0.717, 1.165) is 10.0 Å². The lowest BCUT2D eigenvalue weighted by Gasteiger charge is -2.15. The molecule has 1 N–H and O–H groups in total. The molecule has 0 bridgehead atoms. The smallest absolute Gasteiger partial charge is 0.255 e. The molecule has 5 heteroatoms. The van der Waals surface area contributed by atoms with E-state index in [1.807, 2.05) is 31.2 Å². The van der Waals surface area contributed by atoms with Gasteiger partial charge in [0.2, 0.25) is 6.79 Å². The average Bonchev–Trinajstić information content (AvgIpc) is 2.96. The van der Waals surface area contributed by atoms with Crippen molar-refractivity contribution in [3.8, 4) is 11.5 Å². The molecule has 1 unspecified atom stereocenters. The summed E-state index contributed by atoms with van der Waals surface area (Å²) in [5, 5.41) is 2.97. The number of benzene rings is 2. The number of halogens is 1. The van der Waals surface area contributed by atoms with Crippen molar-refractivity contribution in [1.29, 1.82) is 0 Å². The Hall–Kier alpha value is -2.01. The molecule has 0 spiro atoms. The summed E-state index contributed by atoms with van der Waals surface area (Å²) in [6.45, 7) is 2.10. The molecule has 1 atom stereocenters. The third kappa shape index (κ3) is 2.88. The molecule has 0 saturated carbocycles. The van der Waals surface area contributed by atoms with Crippen LogP contribution in [-0.2, 0) is 0 Å². The fraction of sp³-hybridized carbons (Fsp3) is 0.188. The minimum absolute atomic E-state index is 0.0937. The number of ether oxygens (including phenoxy) is 2. The molecular weight excluding hydrogens is 334 g/mol. The minimum atomic E-state index is -0.173. The van der Waals surface area contributed by atoms with Crippen LogP contribution in [0.5, 0.6) is 11.5 Å². The molecule has 0 aromatic heterocycles. The Balaban J connectivity index is 1.77. The Morgan fingerprint density at radius 3 is 2.71 bits per heavy atom. The standard InChI is InChI=1S/C16H14BrNO3/c1-10(11-5-7-12(17)8-6-11)18-16(19)13-3-2-4-14-15(13)21-9-20-14/h2-8,10H,9H2,1H3,(H,18,19). The number of fused-ring (bicyclic) bond motifs is 1. The number of carbonyl (C=O) groups excluding carboxylic acids is 1. The molecule has 0 saturated heterocycles. The van der Waals surface area contributed by atoms with Crippen LogP contribution in [-0.4, -0.2) is 12.7 Å². The highest BCUT2D eigenvalue weighted by molar-refractivity contribution is 9.10. The molecule has 2 aromatic rings. The van der Waals surface area contributed by atoms with Gasteiger partial charge in [0.25, 0.3) is 5.91 Å². The lowest BCUT2D eigenvalue weighted by atomic mass is 10.1. The van der Waals surface area contributed by atoms with E-state index < -0.39 is 0 Å². The summed E-state index contributed by atoms with van der Waals surface area (Å²) in [5.41, 5.74) is 1.53. The van der Waals surface area contributed by atoms with Gasteiger partial charge in [0.05, 0.1) is 11.6 Å². The van der Waals surface area contributed by atoms with Crippen molar-refractivity contribution in [3.05, 3.63) is 58.1 Å². The second-order valence-corrected chi connectivity index (χ2v) is 5.70. The first kappa shape index (κ1) is 13.9. The van der Waals surface area contributed by atoms with Gasteiger partial charge in [-0.1, -0.05) is 34.1 Å². The van der Waals surface area contributed by atoms with Gasteiger partial charge in [-0.3, -0.25) is 4.79 Å². The van der Waals surface area contributed by atoms with Crippen molar-refractivity contribution in [2.24, 2.45) is 0 Å². The highest BCUT2D eigenvalue weighted by Crippen LogP contribution is 2.35. The summed E-state index contributed by atoms with van der Waals surface area (Å²) in [6, 6.07) is 13.1. The predicted octanol–water partition coefficient (Wildman–Crippen LogP) is 3.67. The van der Waals surface area contributed by atoms with Crippen molar-refractivity contribution in [1.82, 2.24) is 5.32 Å². The molecule has 1 aliphatic heterocycles. The normalized spacial score (nSPS) is 13.8. The zero-order chi connectivity index (χ0) is 14.8. The maximum absolute atomic E-state index is 12.4. The topological polar surface area (TPSA) is 47.6 Å². The van der Waals surface area contributed by atoms with Gasteiger partial charge in [0.15, 0.2) is 11.5 Å². The van der Waals surface area contributed by atoms with Crippen LogP contribution in [0.25, 0.3) is 0 Å². The third-order valence-electron chi connectivity index (χ3n) is 3.36. The van der Waals surface area contributed by atoms with E-state index in [1.165, 1.54) is 0 Å². The fourth-order valence-corrected chi connectivity index (χ4v) is 2.48. The Morgan fingerprint density at radius 1 is 1.19 bits per heavy atom. The van der Waals surface area contributed by atoms with E-state index in [0.29, 0.717) is 17.1 Å². The summed E-state index contributed by atoms with van der Waals surface area (Å²) in [4.78, 5) is 12.4. The number of nitrogens with one attached hydrogen (secondary N) is 1. The maximum atomic E-state index is 12.4. The van der Waals surface area contributed by atoms with E-state index in [9.17, 15) is 4.79 Å². The average molecular weight is 348 g/mol. The van der Waals surface area contributed by atoms with Crippen LogP contribution in [0.4, 0.5) is 0 Å². The second kappa shape index (κ2) is 5.77. The van der Waals surface area contributed by atoms with Crippen LogP contribution in [0.1, 0.15) is 28.9 Å². The van der Waals surface area contributed by atoms with Crippen LogP contribution in [0.15, 0.2) is 46.9 Å². The summed E-state index contributed by atoms with van der Waals surface area (Å²) in [5.74, 6) is 0.949. The van der Waals surface area contributed by atoms with Crippen molar-refractivity contribution in [2.45, 2.75) is 13.0 Å². The van der Waals surface area contributed by atoms with Crippen molar-refractivity contribution in [2.75, 3.05) is 6.79 Å². The third-order valence-corrected chi connectivity index (χ3v) is 3.89. The second-order valence-electron chi connectivity index (χ2n) is 4.79. The molecule has 4 nitrogen and oxygen atoms in total. The zero-order valence-electron chi connectivity index (χ0n) is 11.4. The maximum Gasteiger partial charge on any atom is 0.255 e. The van der Waals surface area contributed by atoms with Gasteiger partial charge < -0.3 is 14.8 Å². The molecule has 0 fully saturated rings. The monoisotopic (exact) mass is 347 g/mol. The quantitative estimate of drug-likeness (QED) is 0.921. The lowest BCUT2D eigenvalue weighted by Crippen LogP contribution is -2.26. The van der Waals surface area contributed by atoms with Crippen LogP contribution >= 0.6 is 15.9 Å². The Kier molecular flexibility index (Phi) is 3.84. The molecule has 108 valence electrons. The number of rotatable bonds is 3. The van der Waals surface area contributed by atoms with Crippen LogP contribution in [0.2, 0.25) is 0 Å². The molecular formula is C16H14BrNO3. The SMILES string of the molecule is CC(NC(=O)c1cccc2c1OCO2)c1ccc(Br)cc1. The van der Waals surface area contributed by atoms with Gasteiger partial charge >= 0.3 is 0 Å². The van der Waals surface area contributed by atoms with E-state index in [4.69, 9.17) is 9.47 Å². The van der Waals surface area contributed by atoms with Crippen molar-refractivity contribution in [3.63, 3.8) is 0 Å². The Labute approximate surface area is 131 Å². The highest BCUT2D eigenvalue weighted by atomic mass is 79.9. The molecule has 0 radical (unpaired) electrons. The summed E-state index contributed by atoms with van der Waals surface area (Å²) < 4.78 is 11.7. The van der Waals surface area contributed by atoms with E-state index in [2.05, 4.69) is 21.2 Å². The minimum Gasteiger partial charge on any atom is -0.454 e. The number of para-hydroxylation sites is 1. The number of carbonyl (C=O) groups is 1. The van der Waals surface area contributed by atoms with E-state index in [1.54, 1.807) is 18.2 Å². The van der Waals surface area contributed by atoms with Crippen LogP contribution in [0.3, 0.4) is 0 Å². The molecule has 21 heavy (non-hydrogen) atoms. The van der Waals surface area contributed by atoms with Gasteiger partial charge in [-0.25, -0.2) is 0 Å². The number of hydrogen-bond donors (Lipinski definition) is 1. The van der Waals surface area contributed by atoms with Gasteiger partial charge in [-0.2, -0.15) is 0 Å². The van der Waals surface area contributed by atoms with Crippen molar-refractivity contribution >= 4 is 21.8 Å². The molecule has 1 amide bonds. The fourth-order valence-electron chi connectivity index (χ4n) is 2.22. The van der Waals surface area contributed by atoms with Crippen molar-refractivity contribution < 1.29 is 14.3 Å². The van der Waals surface area contributed by atoms with Crippen LogP contribution < -0.4 is 14.8 Å². The molecule has 1 aliphatic rings. The first-order valence-electron chi connectivity index (χ1n) is 6.60. The Bertz CT molecular complexity index is 670. The summed E-state index contributed by atoms with van der Waals surface area (Å²) in [6.07, 6.45) is 0. The molecule has 3 rings (SSSR count). The zero-order valence-corrected chi connectivity index (χ0v) is 13.0. The predicted molar refractivity (Wildman–Crippen MR) is 82.6 cm³/mol. The van der Waals surface area contributed by atoms with E-state index in [-0.39, 0.29) is 18.7 Å². The highest BCUT2D eigenvalue weighted by Gasteiger charge is 2.22.